The molecule has 0 radical (unpaired) electrons. The van der Waals surface area contributed by atoms with Crippen LogP contribution < -0.4 is 0 Å². The Bertz CT molecular complexity index is 5090. The van der Waals surface area contributed by atoms with E-state index in [0.29, 0.717) is 22.5 Å². The molecule has 0 bridgehead atoms. The van der Waals surface area contributed by atoms with E-state index < -0.39 is 0 Å². The molecule has 0 aliphatic carbocycles. The van der Waals surface area contributed by atoms with Gasteiger partial charge in [0.25, 0.3) is 0 Å². The molecule has 0 atom stereocenters. The van der Waals surface area contributed by atoms with Crippen LogP contribution >= 0.6 is 0 Å². The van der Waals surface area contributed by atoms with E-state index in [0.717, 1.165) is 121 Å². The van der Waals surface area contributed by atoms with Crippen LogP contribution in [0.15, 0.2) is 227 Å². The summed E-state index contributed by atoms with van der Waals surface area (Å²) in [6.07, 6.45) is 0. The summed E-state index contributed by atoms with van der Waals surface area (Å²) < 4.78 is 22.7. The summed E-state index contributed by atoms with van der Waals surface area (Å²) in [5.74, 6) is 0. The van der Waals surface area contributed by atoms with Crippen LogP contribution in [-0.4, -0.2) is 18.3 Å². The lowest BCUT2D eigenvalue weighted by atomic mass is 10.1. The molecule has 17 rings (SSSR count). The van der Waals surface area contributed by atoms with Gasteiger partial charge in [-0.25, -0.2) is 0 Å². The summed E-state index contributed by atoms with van der Waals surface area (Å²) in [4.78, 5) is 0. The first-order chi connectivity index (χ1) is 37.6. The number of nitrogens with zero attached hydrogens (tertiary/aromatic N) is 6. The van der Waals surface area contributed by atoms with Gasteiger partial charge in [0, 0.05) is 65.2 Å². The molecular weight excluding hydrogens is 933 g/mol. The molecule has 0 saturated heterocycles. The number of benzene rings is 11. The fourth-order valence-electron chi connectivity index (χ4n) is 12.9. The standard InChI is InChI=1S/C68H36N6O2/c69-37-39-33-61(73-57-29-25-40(71-53-19-7-1-13-42(53)43-14-2-8-20-54(43)71)35-50(57)65-59(73)31-27-48-46-17-5-11-23-63(46)75-67(48)65)52(38-70)62(34-39)74-58-30-26-41(72-55-21-9-3-15-44(55)45-16-4-10-22-56(45)72)36-51(58)66-60(74)32-28-49-47-18-6-12-24-64(47)76-68(49)66/h1-36H. The molecular formula is C68H36N6O2. The van der Waals surface area contributed by atoms with Gasteiger partial charge in [-0.05, 0) is 109 Å². The number of aromatic nitrogens is 4. The lowest BCUT2D eigenvalue weighted by molar-refractivity contribution is 0.672. The highest BCUT2D eigenvalue weighted by Crippen LogP contribution is 2.46. The lowest BCUT2D eigenvalue weighted by Gasteiger charge is -2.17. The van der Waals surface area contributed by atoms with Crippen LogP contribution in [0.25, 0.3) is 154 Å². The Morgan fingerprint density at radius 2 is 0.645 bits per heavy atom. The van der Waals surface area contributed by atoms with Crippen molar-refractivity contribution >= 4 is 131 Å². The topological polar surface area (TPSA) is 93.6 Å². The van der Waals surface area contributed by atoms with E-state index in [1.54, 1.807) is 0 Å². The van der Waals surface area contributed by atoms with Crippen LogP contribution in [-0.2, 0) is 0 Å². The van der Waals surface area contributed by atoms with Crippen molar-refractivity contribution in [2.75, 3.05) is 0 Å². The largest absolute Gasteiger partial charge is 0.455 e. The molecule has 17 aromatic rings. The van der Waals surface area contributed by atoms with Crippen molar-refractivity contribution in [1.29, 1.82) is 10.5 Å². The third-order valence-corrected chi connectivity index (χ3v) is 16.0. The first-order valence-corrected chi connectivity index (χ1v) is 25.4. The molecule has 350 valence electrons. The molecule has 6 aromatic heterocycles. The average Bonchev–Trinajstić information content (AvgIpc) is 4.35. The smallest absolute Gasteiger partial charge is 0.145 e. The summed E-state index contributed by atoms with van der Waals surface area (Å²) in [6.45, 7) is 0. The fourth-order valence-corrected chi connectivity index (χ4v) is 12.9. The predicted molar refractivity (Wildman–Crippen MR) is 308 cm³/mol. The van der Waals surface area contributed by atoms with Gasteiger partial charge in [0.2, 0.25) is 0 Å². The minimum absolute atomic E-state index is 0.406. The minimum Gasteiger partial charge on any atom is -0.455 e. The monoisotopic (exact) mass is 968 g/mol. The Labute approximate surface area is 431 Å². The van der Waals surface area contributed by atoms with Crippen molar-refractivity contribution in [2.24, 2.45) is 0 Å². The lowest BCUT2D eigenvalue weighted by Crippen LogP contribution is -2.05. The molecule has 0 amide bonds. The number of furan rings is 2. The molecule has 0 aliphatic rings. The Morgan fingerprint density at radius 3 is 1.04 bits per heavy atom. The Kier molecular flexibility index (Phi) is 7.99. The van der Waals surface area contributed by atoms with E-state index in [9.17, 15) is 10.5 Å². The van der Waals surface area contributed by atoms with Gasteiger partial charge in [0.1, 0.15) is 34.0 Å². The summed E-state index contributed by atoms with van der Waals surface area (Å²) in [5.41, 5.74) is 14.9. The normalized spacial score (nSPS) is 12.2. The molecule has 8 nitrogen and oxygen atoms in total. The van der Waals surface area contributed by atoms with Crippen molar-refractivity contribution in [1.82, 2.24) is 18.3 Å². The average molecular weight is 969 g/mol. The molecule has 0 fully saturated rings. The third kappa shape index (κ3) is 5.28. The van der Waals surface area contributed by atoms with Crippen LogP contribution in [0.5, 0.6) is 0 Å². The zero-order chi connectivity index (χ0) is 49.9. The molecule has 6 heterocycles. The number of para-hydroxylation sites is 6. The number of hydrogen-bond donors (Lipinski definition) is 0. The molecule has 0 N–H and O–H groups in total. The molecule has 11 aromatic carbocycles. The highest BCUT2D eigenvalue weighted by Gasteiger charge is 2.27. The summed E-state index contributed by atoms with van der Waals surface area (Å²) >= 11 is 0. The molecule has 0 spiro atoms. The van der Waals surface area contributed by atoms with Gasteiger partial charge < -0.3 is 27.1 Å². The molecule has 0 aliphatic heterocycles. The number of rotatable bonds is 4. The minimum atomic E-state index is 0.406. The van der Waals surface area contributed by atoms with E-state index in [1.165, 1.54) is 21.5 Å². The SMILES string of the molecule is N#Cc1cc(-n2c3ccc(-n4c5ccccc5c5ccccc54)cc3c3c4oc5ccccc5c4ccc32)c(C#N)c(-n2c3ccc(-n4c5ccccc5c5ccccc54)cc3c3c4oc5ccccc5c4ccc32)c1. The second-order valence-corrected chi connectivity index (χ2v) is 19.8. The van der Waals surface area contributed by atoms with E-state index >= 15 is 0 Å². The maximum absolute atomic E-state index is 11.8. The van der Waals surface area contributed by atoms with E-state index in [1.807, 2.05) is 48.5 Å². The van der Waals surface area contributed by atoms with Crippen molar-refractivity contribution in [3.63, 3.8) is 0 Å². The van der Waals surface area contributed by atoms with Gasteiger partial charge in [0.05, 0.1) is 77.9 Å². The van der Waals surface area contributed by atoms with Crippen LogP contribution in [0.2, 0.25) is 0 Å². The van der Waals surface area contributed by atoms with Crippen LogP contribution in [0, 0.1) is 22.7 Å². The highest BCUT2D eigenvalue weighted by molar-refractivity contribution is 6.26. The van der Waals surface area contributed by atoms with Crippen molar-refractivity contribution in [2.45, 2.75) is 0 Å². The predicted octanol–water partition coefficient (Wildman–Crippen LogP) is 17.6. The van der Waals surface area contributed by atoms with Gasteiger partial charge in [-0.3, -0.25) is 0 Å². The van der Waals surface area contributed by atoms with E-state index in [2.05, 4.69) is 200 Å². The Balaban J connectivity index is 0.979. The second-order valence-electron chi connectivity index (χ2n) is 19.8. The van der Waals surface area contributed by atoms with Gasteiger partial charge in [-0.1, -0.05) is 109 Å². The van der Waals surface area contributed by atoms with Gasteiger partial charge in [0.15, 0.2) is 0 Å². The maximum atomic E-state index is 11.8. The van der Waals surface area contributed by atoms with E-state index in [4.69, 9.17) is 8.83 Å². The molecule has 8 heteroatoms. The number of fused-ring (bicyclic) bond motifs is 20. The third-order valence-electron chi connectivity index (χ3n) is 16.0. The molecule has 0 saturated carbocycles. The van der Waals surface area contributed by atoms with Crippen LogP contribution in [0.1, 0.15) is 11.1 Å². The zero-order valence-corrected chi connectivity index (χ0v) is 40.3. The zero-order valence-electron chi connectivity index (χ0n) is 40.3. The number of hydrogen-bond acceptors (Lipinski definition) is 4. The summed E-state index contributed by atoms with van der Waals surface area (Å²) in [7, 11) is 0. The Morgan fingerprint density at radius 1 is 0.289 bits per heavy atom. The summed E-state index contributed by atoms with van der Waals surface area (Å²) in [6, 6.07) is 81.0. The number of nitriles is 2. The first-order valence-electron chi connectivity index (χ1n) is 25.4. The van der Waals surface area contributed by atoms with E-state index in [-0.39, 0.29) is 0 Å². The Hall–Kier alpha value is -10.8. The van der Waals surface area contributed by atoms with Gasteiger partial charge >= 0.3 is 0 Å². The van der Waals surface area contributed by atoms with Crippen LogP contribution in [0.4, 0.5) is 0 Å². The fraction of sp³-hybridized carbons (Fsp3) is 0. The quantitative estimate of drug-likeness (QED) is 0.176. The second kappa shape index (κ2) is 14.9. The molecule has 76 heavy (non-hydrogen) atoms. The van der Waals surface area contributed by atoms with Crippen molar-refractivity contribution in [3.8, 4) is 34.9 Å². The summed E-state index contributed by atoms with van der Waals surface area (Å²) in [5, 5.41) is 35.4. The maximum Gasteiger partial charge on any atom is 0.145 e. The van der Waals surface area contributed by atoms with Crippen molar-refractivity contribution in [3.05, 3.63) is 230 Å². The van der Waals surface area contributed by atoms with Gasteiger partial charge in [-0.2, -0.15) is 10.5 Å². The molecule has 0 unspecified atom stereocenters. The highest BCUT2D eigenvalue weighted by atomic mass is 16.3. The van der Waals surface area contributed by atoms with Crippen molar-refractivity contribution < 1.29 is 8.83 Å². The first kappa shape index (κ1) is 40.8. The van der Waals surface area contributed by atoms with Gasteiger partial charge in [-0.15, -0.1) is 0 Å². The van der Waals surface area contributed by atoms with Crippen LogP contribution in [0.3, 0.4) is 0 Å².